The van der Waals surface area contributed by atoms with Crippen molar-refractivity contribution in [1.82, 2.24) is 0 Å². The summed E-state index contributed by atoms with van der Waals surface area (Å²) in [6.45, 7) is 4.13. The molecule has 0 aromatic heterocycles. The third kappa shape index (κ3) is 4.29. The van der Waals surface area contributed by atoms with Crippen molar-refractivity contribution in [3.8, 4) is 0 Å². The summed E-state index contributed by atoms with van der Waals surface area (Å²) >= 11 is 0. The van der Waals surface area contributed by atoms with Crippen LogP contribution in [0, 0.1) is 6.92 Å². The molecule has 0 amide bonds. The molecule has 16 heavy (non-hydrogen) atoms. The Morgan fingerprint density at radius 2 is 1.94 bits per heavy atom. The molecule has 1 unspecified atom stereocenters. The van der Waals surface area contributed by atoms with Crippen LogP contribution in [0.25, 0.3) is 0 Å². The number of aryl methyl sites for hydroxylation is 1. The monoisotopic (exact) mass is 439 g/mol. The molecule has 1 heterocycles. The average molecular weight is 441 g/mol. The third-order valence-corrected chi connectivity index (χ3v) is 2.33. The third-order valence-electron chi connectivity index (χ3n) is 2.33. The first-order valence-electron chi connectivity index (χ1n) is 4.51. The minimum Gasteiger partial charge on any atom is -1.00 e. The summed E-state index contributed by atoms with van der Waals surface area (Å²) in [5.74, 6) is 0. The van der Waals surface area contributed by atoms with E-state index in [9.17, 15) is 0 Å². The van der Waals surface area contributed by atoms with Crippen LogP contribution in [0.2, 0.25) is 0 Å². The molecule has 0 saturated carbocycles. The Morgan fingerprint density at radius 1 is 1.25 bits per heavy atom. The molecule has 1 aromatic rings. The van der Waals surface area contributed by atoms with E-state index in [0.29, 0.717) is 0 Å². The predicted octanol–water partition coefficient (Wildman–Crippen LogP) is -3.51. The van der Waals surface area contributed by atoms with Crippen LogP contribution < -0.4 is 34.0 Å². The molecule has 0 aliphatic carbocycles. The molecule has 0 saturated heterocycles. The number of hydrogen-bond donors (Lipinski definition) is 0. The zero-order chi connectivity index (χ0) is 9.26. The first-order chi connectivity index (χ1) is 6.27. The molecule has 1 aliphatic heterocycles. The SMILES string of the molecule is Cc1cccc([C@H]2N=COC2C)c1.[Br-].[Br-].[Pd+2]. The molecule has 0 fully saturated rings. The number of ether oxygens (including phenoxy) is 1. The number of rotatable bonds is 1. The van der Waals surface area contributed by atoms with Gasteiger partial charge in [0.1, 0.15) is 12.1 Å². The summed E-state index contributed by atoms with van der Waals surface area (Å²) in [6.07, 6.45) is 1.72. The molecule has 0 bridgehead atoms. The number of halogens is 2. The van der Waals surface area contributed by atoms with Gasteiger partial charge in [0.2, 0.25) is 0 Å². The van der Waals surface area contributed by atoms with Crippen molar-refractivity contribution >= 4 is 6.40 Å². The van der Waals surface area contributed by atoms with Crippen LogP contribution in [0.15, 0.2) is 29.3 Å². The Labute approximate surface area is 131 Å². The fourth-order valence-electron chi connectivity index (χ4n) is 1.60. The van der Waals surface area contributed by atoms with Crippen molar-refractivity contribution < 1.29 is 59.1 Å². The van der Waals surface area contributed by atoms with Gasteiger partial charge >= 0.3 is 20.4 Å². The number of hydrogen-bond acceptors (Lipinski definition) is 2. The maximum absolute atomic E-state index is 5.27. The van der Waals surface area contributed by atoms with Gasteiger partial charge in [0.25, 0.3) is 0 Å². The van der Waals surface area contributed by atoms with Crippen molar-refractivity contribution in [3.05, 3.63) is 35.4 Å². The maximum Gasteiger partial charge on any atom is 2.00 e. The van der Waals surface area contributed by atoms with Crippen LogP contribution in [0.4, 0.5) is 0 Å². The van der Waals surface area contributed by atoms with Crippen LogP contribution in [-0.2, 0) is 25.2 Å². The molecule has 2 atom stereocenters. The molecular formula is C11H13Br2NOPd. The normalized spacial score (nSPS) is 21.1. The van der Waals surface area contributed by atoms with Gasteiger partial charge in [0, 0.05) is 0 Å². The zero-order valence-electron chi connectivity index (χ0n) is 8.97. The van der Waals surface area contributed by atoms with E-state index in [1.807, 2.05) is 6.92 Å². The molecule has 2 nitrogen and oxygen atoms in total. The summed E-state index contributed by atoms with van der Waals surface area (Å²) in [4.78, 5) is 4.28. The van der Waals surface area contributed by atoms with Gasteiger partial charge in [-0.15, -0.1) is 0 Å². The summed E-state index contributed by atoms with van der Waals surface area (Å²) in [5, 5.41) is 0. The molecule has 1 aromatic carbocycles. The predicted molar refractivity (Wildman–Crippen MR) is 53.0 cm³/mol. The van der Waals surface area contributed by atoms with Gasteiger partial charge in [0.05, 0.1) is 0 Å². The van der Waals surface area contributed by atoms with E-state index in [0.717, 1.165) is 0 Å². The van der Waals surface area contributed by atoms with Crippen molar-refractivity contribution in [2.75, 3.05) is 0 Å². The molecule has 0 radical (unpaired) electrons. The minimum absolute atomic E-state index is 0. The van der Waals surface area contributed by atoms with E-state index in [-0.39, 0.29) is 66.5 Å². The molecule has 0 N–H and O–H groups in total. The van der Waals surface area contributed by atoms with Crippen molar-refractivity contribution in [2.24, 2.45) is 4.99 Å². The first-order valence-corrected chi connectivity index (χ1v) is 4.51. The maximum atomic E-state index is 5.27. The van der Waals surface area contributed by atoms with Crippen LogP contribution in [0.1, 0.15) is 24.1 Å². The first kappa shape index (κ1) is 18.7. The number of aliphatic imine (C=N–C) groups is 1. The summed E-state index contributed by atoms with van der Waals surface area (Å²) < 4.78 is 5.27. The molecule has 2 rings (SSSR count). The van der Waals surface area contributed by atoms with Gasteiger partial charge in [0.15, 0.2) is 6.40 Å². The molecule has 5 heteroatoms. The van der Waals surface area contributed by atoms with Crippen LogP contribution in [0.3, 0.4) is 0 Å². The minimum atomic E-state index is 0. The number of benzene rings is 1. The largest absolute Gasteiger partial charge is 2.00 e. The smallest absolute Gasteiger partial charge is 1.00 e. The van der Waals surface area contributed by atoms with E-state index in [2.05, 4.69) is 36.2 Å². The Balaban J connectivity index is 0. The topological polar surface area (TPSA) is 21.6 Å². The van der Waals surface area contributed by atoms with E-state index >= 15 is 0 Å². The summed E-state index contributed by atoms with van der Waals surface area (Å²) in [5.41, 5.74) is 2.51. The Kier molecular flexibility index (Phi) is 9.81. The van der Waals surface area contributed by atoms with Gasteiger partial charge in [-0.2, -0.15) is 0 Å². The van der Waals surface area contributed by atoms with Crippen LogP contribution in [-0.4, -0.2) is 12.5 Å². The Hall–Kier alpha value is 0.312. The van der Waals surface area contributed by atoms with E-state index in [4.69, 9.17) is 4.74 Å². The second kappa shape index (κ2) is 8.41. The average Bonchev–Trinajstić information content (AvgIpc) is 2.51. The van der Waals surface area contributed by atoms with Crippen molar-refractivity contribution in [3.63, 3.8) is 0 Å². The second-order valence-corrected chi connectivity index (χ2v) is 3.45. The Morgan fingerprint density at radius 3 is 2.44 bits per heavy atom. The van der Waals surface area contributed by atoms with Gasteiger partial charge < -0.3 is 38.7 Å². The fourth-order valence-corrected chi connectivity index (χ4v) is 1.60. The van der Waals surface area contributed by atoms with Gasteiger partial charge in [-0.1, -0.05) is 29.8 Å². The molecule has 0 spiro atoms. The molecule has 1 aliphatic rings. The number of nitrogens with zero attached hydrogens (tertiary/aromatic N) is 1. The van der Waals surface area contributed by atoms with E-state index < -0.39 is 0 Å². The molecule has 92 valence electrons. The van der Waals surface area contributed by atoms with Crippen molar-refractivity contribution in [1.29, 1.82) is 0 Å². The van der Waals surface area contributed by atoms with Crippen LogP contribution >= 0.6 is 0 Å². The standard InChI is InChI=1S/C11H13NO.2BrH.Pd/c1-8-4-3-5-10(6-8)11-9(2)13-7-12-11;;;/h3-7,9,11H,1-2H3;2*1H;/q;;;+2/p-2/t9?,11-;;;/m0.../s1. The van der Waals surface area contributed by atoms with E-state index in [1.54, 1.807) is 6.40 Å². The van der Waals surface area contributed by atoms with Crippen LogP contribution in [0.5, 0.6) is 0 Å². The van der Waals surface area contributed by atoms with Gasteiger partial charge in [-0.3, -0.25) is 0 Å². The second-order valence-electron chi connectivity index (χ2n) is 3.45. The Bertz CT molecular complexity index is 347. The fraction of sp³-hybridized carbons (Fsp3) is 0.364. The van der Waals surface area contributed by atoms with Gasteiger partial charge in [-0.25, -0.2) is 4.99 Å². The summed E-state index contributed by atoms with van der Waals surface area (Å²) in [6, 6.07) is 8.59. The zero-order valence-corrected chi connectivity index (χ0v) is 13.7. The quantitative estimate of drug-likeness (QED) is 0.415. The van der Waals surface area contributed by atoms with Gasteiger partial charge in [-0.05, 0) is 19.4 Å². The van der Waals surface area contributed by atoms with E-state index in [1.165, 1.54) is 11.1 Å². The molecular weight excluding hydrogens is 428 g/mol. The summed E-state index contributed by atoms with van der Waals surface area (Å²) in [7, 11) is 0. The van der Waals surface area contributed by atoms with Crippen molar-refractivity contribution in [2.45, 2.75) is 26.0 Å².